The normalized spacial score (nSPS) is 10.7. The first-order valence-corrected chi connectivity index (χ1v) is 11.9. The lowest BCUT2D eigenvalue weighted by Gasteiger charge is -2.12. The first-order valence-electron chi connectivity index (χ1n) is 11.0. The van der Waals surface area contributed by atoms with Crippen LogP contribution in [0.5, 0.6) is 11.5 Å². The molecular weight excluding hydrogens is 436 g/mol. The molecule has 33 heavy (non-hydrogen) atoms. The van der Waals surface area contributed by atoms with Crippen molar-refractivity contribution < 1.29 is 14.3 Å². The molecule has 1 aromatic carbocycles. The van der Waals surface area contributed by atoms with Gasteiger partial charge in [0.15, 0.2) is 23.3 Å². The van der Waals surface area contributed by atoms with Crippen molar-refractivity contribution in [2.45, 2.75) is 50.9 Å². The van der Waals surface area contributed by atoms with Crippen LogP contribution < -0.4 is 14.8 Å². The maximum absolute atomic E-state index is 12.4. The minimum atomic E-state index is -0.241. The zero-order chi connectivity index (χ0) is 23.6. The van der Waals surface area contributed by atoms with Gasteiger partial charge in [0.1, 0.15) is 0 Å². The number of anilines is 1. The number of carbonyl (C=O) groups excluding carboxylic acids is 1. The van der Waals surface area contributed by atoms with E-state index < -0.39 is 0 Å². The molecule has 0 aliphatic heterocycles. The number of nitrogens with zero attached hydrogens (tertiary/aromatic N) is 3. The van der Waals surface area contributed by atoms with Gasteiger partial charge in [-0.2, -0.15) is 0 Å². The van der Waals surface area contributed by atoms with Gasteiger partial charge in [-0.1, -0.05) is 37.2 Å². The molecule has 0 saturated carbocycles. The number of carbonyl (C=O) groups is 1. The summed E-state index contributed by atoms with van der Waals surface area (Å²) in [5, 5.41) is 3.57. The highest BCUT2D eigenvalue weighted by Crippen LogP contribution is 2.29. The van der Waals surface area contributed by atoms with Gasteiger partial charge in [-0.05, 0) is 50.5 Å². The fourth-order valence-corrected chi connectivity index (χ4v) is 4.03. The standard InChI is InChI=1S/C25H30N4O3S/c1-5-6-7-19-8-10-20(11-9-19)29-24(30)15-32-22-13-21(26-14-23(22)31-4)16-33-25-27-17(2)12-18(3)28-25/h8-14H,5-7,15-16H2,1-4H3,(H,29,30). The van der Waals surface area contributed by atoms with Crippen LogP contribution in [-0.2, 0) is 17.0 Å². The molecule has 0 aliphatic carbocycles. The van der Waals surface area contributed by atoms with Gasteiger partial charge in [-0.3, -0.25) is 9.78 Å². The van der Waals surface area contributed by atoms with Crippen molar-refractivity contribution in [1.82, 2.24) is 15.0 Å². The van der Waals surface area contributed by atoms with Crippen LogP contribution in [-0.4, -0.2) is 34.6 Å². The molecule has 0 spiro atoms. The van der Waals surface area contributed by atoms with E-state index in [2.05, 4.69) is 27.2 Å². The second kappa shape index (κ2) is 12.2. The molecule has 174 valence electrons. The number of hydrogen-bond acceptors (Lipinski definition) is 7. The van der Waals surface area contributed by atoms with Gasteiger partial charge in [0.2, 0.25) is 0 Å². The third-order valence-electron chi connectivity index (χ3n) is 4.83. The summed E-state index contributed by atoms with van der Waals surface area (Å²) in [6, 6.07) is 11.6. The summed E-state index contributed by atoms with van der Waals surface area (Å²) in [7, 11) is 1.54. The smallest absolute Gasteiger partial charge is 0.262 e. The second-order valence-corrected chi connectivity index (χ2v) is 8.63. The quantitative estimate of drug-likeness (QED) is 0.309. The number of aryl methyl sites for hydroxylation is 3. The second-order valence-electron chi connectivity index (χ2n) is 7.69. The molecule has 0 unspecified atom stereocenters. The van der Waals surface area contributed by atoms with Gasteiger partial charge >= 0.3 is 0 Å². The van der Waals surface area contributed by atoms with Crippen LogP contribution in [0.3, 0.4) is 0 Å². The van der Waals surface area contributed by atoms with E-state index in [9.17, 15) is 4.79 Å². The lowest BCUT2D eigenvalue weighted by Crippen LogP contribution is -2.20. The van der Waals surface area contributed by atoms with Gasteiger partial charge < -0.3 is 14.8 Å². The highest BCUT2D eigenvalue weighted by atomic mass is 32.2. The Kier molecular flexibility index (Phi) is 9.06. The molecule has 3 aromatic rings. The first-order chi connectivity index (χ1) is 16.0. The van der Waals surface area contributed by atoms with E-state index >= 15 is 0 Å². The summed E-state index contributed by atoms with van der Waals surface area (Å²) in [5.74, 6) is 1.27. The van der Waals surface area contributed by atoms with Crippen molar-refractivity contribution in [1.29, 1.82) is 0 Å². The van der Waals surface area contributed by atoms with Crippen molar-refractivity contribution in [3.8, 4) is 11.5 Å². The van der Waals surface area contributed by atoms with E-state index in [1.165, 1.54) is 17.3 Å². The largest absolute Gasteiger partial charge is 0.491 e. The third kappa shape index (κ3) is 7.75. The zero-order valence-electron chi connectivity index (χ0n) is 19.6. The Morgan fingerprint density at radius 2 is 1.79 bits per heavy atom. The molecule has 2 aromatic heterocycles. The number of unbranched alkanes of at least 4 members (excludes halogenated alkanes) is 1. The summed E-state index contributed by atoms with van der Waals surface area (Å²) in [6.07, 6.45) is 4.96. The number of rotatable bonds is 11. The Balaban J connectivity index is 1.57. The number of ether oxygens (including phenoxy) is 2. The lowest BCUT2D eigenvalue weighted by atomic mass is 10.1. The van der Waals surface area contributed by atoms with E-state index in [0.717, 1.165) is 42.0 Å². The van der Waals surface area contributed by atoms with Crippen molar-refractivity contribution in [3.63, 3.8) is 0 Å². The molecule has 1 N–H and O–H groups in total. The van der Waals surface area contributed by atoms with Crippen LogP contribution >= 0.6 is 11.8 Å². The first kappa shape index (κ1) is 24.5. The number of aromatic nitrogens is 3. The van der Waals surface area contributed by atoms with Crippen molar-refractivity contribution in [2.24, 2.45) is 0 Å². The summed E-state index contributed by atoms with van der Waals surface area (Å²) in [4.78, 5) is 25.7. The van der Waals surface area contributed by atoms with E-state index in [1.54, 1.807) is 19.4 Å². The molecule has 0 aliphatic rings. The lowest BCUT2D eigenvalue weighted by molar-refractivity contribution is -0.118. The number of thioether (sulfide) groups is 1. The van der Waals surface area contributed by atoms with Crippen LogP contribution in [0, 0.1) is 13.8 Å². The van der Waals surface area contributed by atoms with Crippen molar-refractivity contribution in [2.75, 3.05) is 19.0 Å². The fraction of sp³-hybridized carbons (Fsp3) is 0.360. The SMILES string of the molecule is CCCCc1ccc(NC(=O)COc2cc(CSc3nc(C)cc(C)n3)ncc2OC)cc1. The number of benzene rings is 1. The summed E-state index contributed by atoms with van der Waals surface area (Å²) >= 11 is 1.50. The van der Waals surface area contributed by atoms with Crippen LogP contribution in [0.2, 0.25) is 0 Å². The van der Waals surface area contributed by atoms with E-state index in [-0.39, 0.29) is 12.5 Å². The topological polar surface area (TPSA) is 86.2 Å². The Hall–Kier alpha value is -3.13. The van der Waals surface area contributed by atoms with Gasteiger partial charge in [-0.25, -0.2) is 9.97 Å². The molecule has 0 radical (unpaired) electrons. The molecule has 2 heterocycles. The monoisotopic (exact) mass is 466 g/mol. The van der Waals surface area contributed by atoms with Gasteiger partial charge in [0.05, 0.1) is 19.0 Å². The van der Waals surface area contributed by atoms with E-state index in [4.69, 9.17) is 9.47 Å². The highest BCUT2D eigenvalue weighted by molar-refractivity contribution is 7.98. The average Bonchev–Trinajstić information content (AvgIpc) is 2.80. The summed E-state index contributed by atoms with van der Waals surface area (Å²) in [5.41, 5.74) is 4.65. The van der Waals surface area contributed by atoms with Crippen LogP contribution in [0.1, 0.15) is 42.4 Å². The molecule has 8 heteroatoms. The molecule has 0 saturated heterocycles. The molecule has 0 fully saturated rings. The summed E-state index contributed by atoms with van der Waals surface area (Å²) < 4.78 is 11.1. The average molecular weight is 467 g/mol. The zero-order valence-corrected chi connectivity index (χ0v) is 20.4. The predicted molar refractivity (Wildman–Crippen MR) is 131 cm³/mol. The van der Waals surface area contributed by atoms with Crippen LogP contribution in [0.4, 0.5) is 5.69 Å². The molecule has 3 rings (SSSR count). The molecule has 0 atom stereocenters. The van der Waals surface area contributed by atoms with Gasteiger partial charge in [0.25, 0.3) is 5.91 Å². The number of methoxy groups -OCH3 is 1. The van der Waals surface area contributed by atoms with Gasteiger partial charge in [0, 0.05) is 28.9 Å². The Morgan fingerprint density at radius 1 is 1.06 bits per heavy atom. The van der Waals surface area contributed by atoms with Crippen LogP contribution in [0.25, 0.3) is 0 Å². The minimum Gasteiger partial charge on any atom is -0.491 e. The van der Waals surface area contributed by atoms with Crippen molar-refractivity contribution >= 4 is 23.4 Å². The summed E-state index contributed by atoms with van der Waals surface area (Å²) in [6.45, 7) is 5.93. The maximum atomic E-state index is 12.4. The number of amides is 1. The maximum Gasteiger partial charge on any atom is 0.262 e. The number of pyridine rings is 1. The highest BCUT2D eigenvalue weighted by Gasteiger charge is 2.11. The van der Waals surface area contributed by atoms with E-state index in [0.29, 0.717) is 22.4 Å². The van der Waals surface area contributed by atoms with Gasteiger partial charge in [-0.15, -0.1) is 0 Å². The molecular formula is C25H30N4O3S. The van der Waals surface area contributed by atoms with Crippen LogP contribution in [0.15, 0.2) is 47.8 Å². The van der Waals surface area contributed by atoms with Crippen molar-refractivity contribution in [3.05, 3.63) is 65.2 Å². The minimum absolute atomic E-state index is 0.134. The van der Waals surface area contributed by atoms with E-state index in [1.807, 2.05) is 44.2 Å². The molecule has 7 nitrogen and oxygen atoms in total. The third-order valence-corrected chi connectivity index (χ3v) is 5.72. The Labute approximate surface area is 199 Å². The number of hydrogen-bond donors (Lipinski definition) is 1. The fourth-order valence-electron chi connectivity index (χ4n) is 3.18. The molecule has 0 bridgehead atoms. The Morgan fingerprint density at radius 3 is 2.45 bits per heavy atom. The Bertz CT molecular complexity index is 1050. The number of nitrogens with one attached hydrogen (secondary N) is 1. The molecule has 1 amide bonds. The predicted octanol–water partition coefficient (Wildman–Crippen LogP) is 5.15.